The lowest BCUT2D eigenvalue weighted by Crippen LogP contribution is -2.64. The number of carbonyl (C=O) groups is 2. The van der Waals surface area contributed by atoms with Crippen molar-refractivity contribution in [3.8, 4) is 11.5 Å². The summed E-state index contributed by atoms with van der Waals surface area (Å²) in [6, 6.07) is 43.5. The molecule has 0 aliphatic carbocycles. The summed E-state index contributed by atoms with van der Waals surface area (Å²) in [6.45, 7) is 12.1. The molecule has 0 saturated carbocycles. The SMILES string of the molecule is CCOC(=O)C1=C(CN(CC(C)(C)N(CC(O)COc2ccccc2OC)C(c2ccccc2)(c2ccccc2)c2ccccc2)C(C)C)N=C(C)C(C(=O)O)C1c1cccc([N+](=O)[O-])c1. The number of aliphatic hydroxyl groups is 1. The Morgan fingerprint density at radius 2 is 1.38 bits per heavy atom. The van der Waals surface area contributed by atoms with E-state index in [0.29, 0.717) is 23.7 Å². The smallest absolute Gasteiger partial charge is 0.336 e. The quantitative estimate of drug-likeness (QED) is 0.0313. The number of ether oxygens (including phenoxy) is 3. The zero-order chi connectivity index (χ0) is 47.6. The third-order valence-electron chi connectivity index (χ3n) is 12.2. The van der Waals surface area contributed by atoms with Gasteiger partial charge in [-0.15, -0.1) is 0 Å². The number of nitro benzene ring substituents is 1. The Morgan fingerprint density at radius 3 is 1.88 bits per heavy atom. The molecule has 66 heavy (non-hydrogen) atoms. The number of nitrogens with zero attached hydrogens (tertiary/aromatic N) is 4. The molecule has 0 aromatic heterocycles. The fraction of sp³-hybridized carbons (Fsp3) is 0.340. The summed E-state index contributed by atoms with van der Waals surface area (Å²) in [5.74, 6) is -3.35. The minimum absolute atomic E-state index is 0.0111. The predicted octanol–water partition coefficient (Wildman–Crippen LogP) is 8.90. The molecule has 346 valence electrons. The van der Waals surface area contributed by atoms with Gasteiger partial charge in [0.1, 0.15) is 18.6 Å². The van der Waals surface area contributed by atoms with E-state index >= 15 is 0 Å². The van der Waals surface area contributed by atoms with Gasteiger partial charge in [-0.05, 0) is 75.9 Å². The van der Waals surface area contributed by atoms with Crippen molar-refractivity contribution >= 4 is 23.3 Å². The number of hydrogen-bond acceptors (Lipinski definition) is 11. The van der Waals surface area contributed by atoms with Crippen molar-refractivity contribution in [3.63, 3.8) is 0 Å². The highest BCUT2D eigenvalue weighted by molar-refractivity contribution is 6.06. The number of non-ortho nitro benzene ring substituents is 1. The maximum Gasteiger partial charge on any atom is 0.336 e. The van der Waals surface area contributed by atoms with Crippen LogP contribution in [0.2, 0.25) is 0 Å². The average Bonchev–Trinajstić information content (AvgIpc) is 3.31. The molecule has 0 fully saturated rings. The van der Waals surface area contributed by atoms with E-state index < -0.39 is 45.9 Å². The van der Waals surface area contributed by atoms with Crippen molar-refractivity contribution in [2.45, 2.75) is 70.7 Å². The van der Waals surface area contributed by atoms with Crippen molar-refractivity contribution < 1.29 is 38.9 Å². The van der Waals surface area contributed by atoms with Gasteiger partial charge in [-0.2, -0.15) is 0 Å². The first kappa shape index (κ1) is 48.8. The number of carbonyl (C=O) groups excluding carboxylic acids is 1. The Morgan fingerprint density at radius 1 is 0.833 bits per heavy atom. The van der Waals surface area contributed by atoms with Gasteiger partial charge in [0.25, 0.3) is 5.69 Å². The number of hydrogen-bond donors (Lipinski definition) is 2. The normalized spacial score (nSPS) is 16.0. The molecule has 6 rings (SSSR count). The third kappa shape index (κ3) is 10.5. The van der Waals surface area contributed by atoms with Gasteiger partial charge in [0.05, 0.1) is 35.4 Å². The molecule has 5 aromatic carbocycles. The number of para-hydroxylation sites is 2. The Balaban J connectivity index is 1.53. The molecule has 0 saturated heterocycles. The lowest BCUT2D eigenvalue weighted by molar-refractivity contribution is -0.384. The molecule has 3 atom stereocenters. The van der Waals surface area contributed by atoms with Gasteiger partial charge in [-0.1, -0.05) is 115 Å². The van der Waals surface area contributed by atoms with Gasteiger partial charge >= 0.3 is 11.9 Å². The molecule has 1 aliphatic heterocycles. The first-order valence-electron chi connectivity index (χ1n) is 22.2. The molecular weight excluding hydrogens is 837 g/mol. The van der Waals surface area contributed by atoms with E-state index in [0.717, 1.165) is 16.7 Å². The molecule has 0 bridgehead atoms. The average molecular weight is 897 g/mol. The van der Waals surface area contributed by atoms with Gasteiger partial charge in [-0.25, -0.2) is 4.79 Å². The van der Waals surface area contributed by atoms with E-state index in [9.17, 15) is 29.9 Å². The van der Waals surface area contributed by atoms with E-state index in [1.165, 1.54) is 18.2 Å². The fourth-order valence-electron chi connectivity index (χ4n) is 9.24. The fourth-order valence-corrected chi connectivity index (χ4v) is 9.24. The second kappa shape index (κ2) is 21.5. The monoisotopic (exact) mass is 896 g/mol. The van der Waals surface area contributed by atoms with E-state index in [4.69, 9.17) is 19.2 Å². The summed E-state index contributed by atoms with van der Waals surface area (Å²) in [6.07, 6.45) is -1.02. The molecule has 1 heterocycles. The number of carboxylic acids is 1. The van der Waals surface area contributed by atoms with Crippen LogP contribution in [0.3, 0.4) is 0 Å². The summed E-state index contributed by atoms with van der Waals surface area (Å²) in [5.41, 5.74) is 1.69. The topological polar surface area (TPSA) is 164 Å². The number of methoxy groups -OCH3 is 1. The molecule has 0 radical (unpaired) electrons. The second-order valence-corrected chi connectivity index (χ2v) is 17.3. The number of β-amino-alcohol motifs (C(OH)–C–C–N with tert-alkyl or cyclic N) is 1. The molecular formula is C53H60N4O9. The van der Waals surface area contributed by atoms with E-state index in [1.807, 2.05) is 80.6 Å². The van der Waals surface area contributed by atoms with Crippen LogP contribution >= 0.6 is 0 Å². The first-order valence-corrected chi connectivity index (χ1v) is 22.2. The van der Waals surface area contributed by atoms with Gasteiger partial charge in [0.15, 0.2) is 11.5 Å². The second-order valence-electron chi connectivity index (χ2n) is 17.3. The van der Waals surface area contributed by atoms with Gasteiger partial charge in [0.2, 0.25) is 0 Å². The maximum absolute atomic E-state index is 14.2. The number of aliphatic carboxylic acids is 1. The van der Waals surface area contributed by atoms with Crippen LogP contribution in [0.4, 0.5) is 5.69 Å². The number of aliphatic imine (C=N–C) groups is 1. The van der Waals surface area contributed by atoms with Gasteiger partial charge in [-0.3, -0.25) is 29.7 Å². The molecule has 13 heteroatoms. The third-order valence-corrected chi connectivity index (χ3v) is 12.2. The highest BCUT2D eigenvalue weighted by atomic mass is 16.6. The lowest BCUT2D eigenvalue weighted by Gasteiger charge is -2.55. The Labute approximate surface area is 387 Å². The van der Waals surface area contributed by atoms with Crippen LogP contribution in [-0.4, -0.2) is 100 Å². The van der Waals surface area contributed by atoms with E-state index in [-0.39, 0.29) is 54.9 Å². The number of carboxylic acid groups (broad SMARTS) is 1. The van der Waals surface area contributed by atoms with Crippen LogP contribution in [0.25, 0.3) is 0 Å². The van der Waals surface area contributed by atoms with Crippen LogP contribution in [0.1, 0.15) is 69.7 Å². The highest BCUT2D eigenvalue weighted by Gasteiger charge is 2.50. The molecule has 2 N–H and O–H groups in total. The molecule has 0 amide bonds. The van der Waals surface area contributed by atoms with Crippen molar-refractivity contribution in [1.82, 2.24) is 9.80 Å². The maximum atomic E-state index is 14.2. The number of rotatable bonds is 21. The summed E-state index contributed by atoms with van der Waals surface area (Å²) in [4.78, 5) is 48.0. The standard InChI is InChI=1S/C53H60N4O9/c1-8-65-51(61)49-44(54-37(4)47(50(59)60)48(49)38-21-20-28-42(31-38)57(62)63)33-55(36(2)3)35-52(5,6)56(32-43(58)34-66-46-30-19-18-29-45(46)64-7)53(39-22-12-9-13-23-39,40-24-14-10-15-25-40)41-26-16-11-17-27-41/h9-31,36,43,47-48,58H,8,32-35H2,1-7H3,(H,59,60). The summed E-state index contributed by atoms with van der Waals surface area (Å²) in [7, 11) is 1.57. The van der Waals surface area contributed by atoms with E-state index in [2.05, 4.69) is 60.0 Å². The molecule has 1 aliphatic rings. The van der Waals surface area contributed by atoms with E-state index in [1.54, 1.807) is 39.2 Å². The number of nitro groups is 1. The Kier molecular flexibility index (Phi) is 15.9. The summed E-state index contributed by atoms with van der Waals surface area (Å²) < 4.78 is 17.4. The van der Waals surface area contributed by atoms with Crippen LogP contribution in [0.5, 0.6) is 11.5 Å². The largest absolute Gasteiger partial charge is 0.493 e. The summed E-state index contributed by atoms with van der Waals surface area (Å²) >= 11 is 0. The minimum atomic E-state index is -1.29. The lowest BCUT2D eigenvalue weighted by atomic mass is 9.73. The van der Waals surface area contributed by atoms with Crippen LogP contribution in [0, 0.1) is 16.0 Å². The zero-order valence-electron chi connectivity index (χ0n) is 38.7. The number of aliphatic hydroxyl groups excluding tert-OH is 1. The first-order chi connectivity index (χ1) is 31.6. The predicted molar refractivity (Wildman–Crippen MR) is 255 cm³/mol. The molecule has 3 unspecified atom stereocenters. The van der Waals surface area contributed by atoms with Crippen molar-refractivity contribution in [3.05, 3.63) is 183 Å². The van der Waals surface area contributed by atoms with Crippen LogP contribution in [-0.2, 0) is 19.9 Å². The minimum Gasteiger partial charge on any atom is -0.493 e. The molecule has 0 spiro atoms. The molecule has 13 nitrogen and oxygen atoms in total. The van der Waals surface area contributed by atoms with Crippen molar-refractivity contribution in [1.29, 1.82) is 0 Å². The van der Waals surface area contributed by atoms with Crippen LogP contribution in [0.15, 0.2) is 156 Å². The zero-order valence-corrected chi connectivity index (χ0v) is 38.7. The van der Waals surface area contributed by atoms with Gasteiger partial charge < -0.3 is 24.4 Å². The number of esters is 1. The van der Waals surface area contributed by atoms with Crippen LogP contribution < -0.4 is 9.47 Å². The van der Waals surface area contributed by atoms with Crippen molar-refractivity contribution in [2.75, 3.05) is 40.0 Å². The van der Waals surface area contributed by atoms with Crippen molar-refractivity contribution in [2.24, 2.45) is 10.9 Å². The van der Waals surface area contributed by atoms with Gasteiger partial charge in [0, 0.05) is 55.0 Å². The number of benzene rings is 5. The Bertz CT molecular complexity index is 2410. The highest BCUT2D eigenvalue weighted by Crippen LogP contribution is 2.47. The molecule has 5 aromatic rings. The Hall–Kier alpha value is -6.67. The summed E-state index contributed by atoms with van der Waals surface area (Å²) in [5, 5.41) is 34.9.